The van der Waals surface area contributed by atoms with Crippen molar-refractivity contribution in [3.8, 4) is 28.4 Å². The van der Waals surface area contributed by atoms with E-state index in [2.05, 4.69) is 84.6 Å². The van der Waals surface area contributed by atoms with E-state index in [1.54, 1.807) is 14.2 Å². The van der Waals surface area contributed by atoms with Crippen LogP contribution in [0.5, 0.6) is 17.2 Å². The van der Waals surface area contributed by atoms with Gasteiger partial charge in [-0.3, -0.25) is 4.90 Å². The molecule has 4 heteroatoms. The summed E-state index contributed by atoms with van der Waals surface area (Å²) >= 11 is 0. The lowest BCUT2D eigenvalue weighted by molar-refractivity contribution is 0.204. The van der Waals surface area contributed by atoms with Crippen LogP contribution in [0.4, 0.5) is 0 Å². The van der Waals surface area contributed by atoms with Crippen LogP contribution < -0.4 is 14.2 Å². The molecule has 1 saturated heterocycles. The minimum atomic E-state index is 0.150. The van der Waals surface area contributed by atoms with Crippen LogP contribution in [-0.4, -0.2) is 44.9 Å². The van der Waals surface area contributed by atoms with Crippen LogP contribution in [-0.2, 0) is 0 Å². The Labute approximate surface area is 213 Å². The summed E-state index contributed by atoms with van der Waals surface area (Å²) in [6.45, 7) is 5.22. The number of benzene rings is 4. The zero-order chi connectivity index (χ0) is 24.6. The molecule has 0 aromatic heterocycles. The van der Waals surface area contributed by atoms with Crippen LogP contribution in [0.2, 0.25) is 0 Å². The average Bonchev–Trinajstić information content (AvgIpc) is 3.48. The van der Waals surface area contributed by atoms with Crippen LogP contribution in [0.1, 0.15) is 42.4 Å². The molecule has 2 aliphatic rings. The number of hydrogen-bond donors (Lipinski definition) is 0. The van der Waals surface area contributed by atoms with E-state index in [9.17, 15) is 0 Å². The molecule has 0 radical (unpaired) electrons. The Balaban J connectivity index is 1.34. The monoisotopic (exact) mass is 479 g/mol. The van der Waals surface area contributed by atoms with Gasteiger partial charge in [0.1, 0.15) is 23.9 Å². The minimum absolute atomic E-state index is 0.150. The fourth-order valence-corrected chi connectivity index (χ4v) is 6.02. The molecule has 0 spiro atoms. The Morgan fingerprint density at radius 3 is 2.31 bits per heavy atom. The van der Waals surface area contributed by atoms with Crippen molar-refractivity contribution in [2.24, 2.45) is 0 Å². The highest BCUT2D eigenvalue weighted by atomic mass is 16.5. The predicted octanol–water partition coefficient (Wildman–Crippen LogP) is 6.88. The summed E-state index contributed by atoms with van der Waals surface area (Å²) < 4.78 is 17.2. The maximum Gasteiger partial charge on any atom is 0.119 e. The molecule has 1 aliphatic heterocycles. The van der Waals surface area contributed by atoms with E-state index in [1.807, 2.05) is 0 Å². The maximum absolute atomic E-state index is 6.13. The van der Waals surface area contributed by atoms with Gasteiger partial charge in [-0.25, -0.2) is 0 Å². The van der Waals surface area contributed by atoms with E-state index in [1.165, 1.54) is 58.0 Å². The summed E-state index contributed by atoms with van der Waals surface area (Å²) in [5.74, 6) is 2.84. The van der Waals surface area contributed by atoms with E-state index < -0.39 is 0 Å². The van der Waals surface area contributed by atoms with Crippen LogP contribution in [0.3, 0.4) is 0 Å². The molecule has 2 atom stereocenters. The molecule has 4 aromatic rings. The smallest absolute Gasteiger partial charge is 0.119 e. The summed E-state index contributed by atoms with van der Waals surface area (Å²) in [7, 11) is 3.44. The fraction of sp³-hybridized carbons (Fsp3) is 0.312. The standard InChI is InChI=1S/C32H33NO3/c1-21-5-4-16-33(21)17-18-36-24-9-6-22(7-10-24)31-28-15-12-26(35-3)20-30(28)29-13-8-23-19-25(34-2)11-14-27(23)32(29)31/h6-15,19-21,31H,4-5,16-18H2,1-3H3. The lowest BCUT2D eigenvalue weighted by atomic mass is 9.86. The van der Waals surface area contributed by atoms with E-state index >= 15 is 0 Å². The van der Waals surface area contributed by atoms with E-state index in [0.29, 0.717) is 6.04 Å². The molecule has 0 bridgehead atoms. The number of ether oxygens (including phenoxy) is 3. The van der Waals surface area contributed by atoms with Gasteiger partial charge in [-0.2, -0.15) is 0 Å². The molecule has 0 amide bonds. The largest absolute Gasteiger partial charge is 0.497 e. The summed E-state index contributed by atoms with van der Waals surface area (Å²) in [5, 5.41) is 2.45. The molecule has 184 valence electrons. The second kappa shape index (κ2) is 9.51. The number of likely N-dealkylation sites (tertiary alicyclic amines) is 1. The van der Waals surface area contributed by atoms with Gasteiger partial charge in [0.2, 0.25) is 0 Å². The topological polar surface area (TPSA) is 30.9 Å². The SMILES string of the molecule is COc1ccc2c(c1)-c1ccc3cc(OC)ccc3c1C2c1ccc(OCCN2CCCC2C)cc1. The summed E-state index contributed by atoms with van der Waals surface area (Å²) in [6, 6.07) is 26.6. The first-order valence-corrected chi connectivity index (χ1v) is 12.9. The highest BCUT2D eigenvalue weighted by molar-refractivity contribution is 5.98. The molecule has 0 saturated carbocycles. The van der Waals surface area contributed by atoms with Crippen molar-refractivity contribution in [2.45, 2.75) is 31.7 Å². The first-order valence-electron chi connectivity index (χ1n) is 12.9. The molecular formula is C32H33NO3. The zero-order valence-electron chi connectivity index (χ0n) is 21.3. The molecule has 6 rings (SSSR count). The Bertz CT molecular complexity index is 1390. The normalized spacial score (nSPS) is 18.8. The summed E-state index contributed by atoms with van der Waals surface area (Å²) in [5.41, 5.74) is 6.43. The Morgan fingerprint density at radius 1 is 0.806 bits per heavy atom. The second-order valence-electron chi connectivity index (χ2n) is 9.94. The molecule has 1 fully saturated rings. The van der Waals surface area contributed by atoms with Crippen molar-refractivity contribution in [2.75, 3.05) is 33.9 Å². The van der Waals surface area contributed by atoms with E-state index in [-0.39, 0.29) is 5.92 Å². The molecule has 2 unspecified atom stereocenters. The first kappa shape index (κ1) is 22.9. The van der Waals surface area contributed by atoms with Crippen molar-refractivity contribution in [1.29, 1.82) is 0 Å². The van der Waals surface area contributed by atoms with Gasteiger partial charge in [-0.05, 0) is 101 Å². The molecule has 1 aliphatic carbocycles. The van der Waals surface area contributed by atoms with Crippen molar-refractivity contribution in [3.63, 3.8) is 0 Å². The number of methoxy groups -OCH3 is 2. The first-order chi connectivity index (χ1) is 17.7. The number of nitrogens with zero attached hydrogens (tertiary/aromatic N) is 1. The minimum Gasteiger partial charge on any atom is -0.497 e. The highest BCUT2D eigenvalue weighted by Crippen LogP contribution is 2.51. The number of rotatable bonds is 7. The lowest BCUT2D eigenvalue weighted by Crippen LogP contribution is -2.31. The van der Waals surface area contributed by atoms with Crippen LogP contribution in [0.25, 0.3) is 21.9 Å². The van der Waals surface area contributed by atoms with E-state index in [4.69, 9.17) is 14.2 Å². The predicted molar refractivity (Wildman–Crippen MR) is 146 cm³/mol. The van der Waals surface area contributed by atoms with Crippen LogP contribution >= 0.6 is 0 Å². The van der Waals surface area contributed by atoms with Crippen molar-refractivity contribution in [3.05, 3.63) is 89.5 Å². The summed E-state index contributed by atoms with van der Waals surface area (Å²) in [4.78, 5) is 2.52. The number of fused-ring (bicyclic) bond motifs is 5. The Kier molecular flexibility index (Phi) is 6.06. The molecule has 4 nitrogen and oxygen atoms in total. The molecule has 1 heterocycles. The molecule has 36 heavy (non-hydrogen) atoms. The number of hydrogen-bond acceptors (Lipinski definition) is 4. The van der Waals surface area contributed by atoms with Crippen LogP contribution in [0.15, 0.2) is 72.8 Å². The van der Waals surface area contributed by atoms with Crippen molar-refractivity contribution < 1.29 is 14.2 Å². The van der Waals surface area contributed by atoms with Gasteiger partial charge >= 0.3 is 0 Å². The Hall–Kier alpha value is -3.50. The van der Waals surface area contributed by atoms with Gasteiger partial charge in [0.05, 0.1) is 14.2 Å². The summed E-state index contributed by atoms with van der Waals surface area (Å²) in [6.07, 6.45) is 2.60. The quantitative estimate of drug-likeness (QED) is 0.255. The fourth-order valence-electron chi connectivity index (χ4n) is 6.02. The molecule has 4 aromatic carbocycles. The van der Waals surface area contributed by atoms with Gasteiger partial charge in [0.15, 0.2) is 0 Å². The lowest BCUT2D eigenvalue weighted by Gasteiger charge is -2.21. The Morgan fingerprint density at radius 2 is 1.56 bits per heavy atom. The highest BCUT2D eigenvalue weighted by Gasteiger charge is 2.32. The third-order valence-corrected chi connectivity index (χ3v) is 7.97. The van der Waals surface area contributed by atoms with Crippen molar-refractivity contribution in [1.82, 2.24) is 4.90 Å². The average molecular weight is 480 g/mol. The van der Waals surface area contributed by atoms with Gasteiger partial charge in [0.25, 0.3) is 0 Å². The third kappa shape index (κ3) is 4.00. The maximum atomic E-state index is 6.13. The van der Waals surface area contributed by atoms with Gasteiger partial charge in [-0.15, -0.1) is 0 Å². The van der Waals surface area contributed by atoms with Crippen LogP contribution in [0, 0.1) is 0 Å². The van der Waals surface area contributed by atoms with E-state index in [0.717, 1.165) is 30.4 Å². The second-order valence-corrected chi connectivity index (χ2v) is 9.94. The van der Waals surface area contributed by atoms with Gasteiger partial charge in [0, 0.05) is 18.5 Å². The van der Waals surface area contributed by atoms with Crippen molar-refractivity contribution >= 4 is 10.8 Å². The zero-order valence-corrected chi connectivity index (χ0v) is 21.3. The van der Waals surface area contributed by atoms with Gasteiger partial charge in [-0.1, -0.05) is 36.4 Å². The van der Waals surface area contributed by atoms with Gasteiger partial charge < -0.3 is 14.2 Å². The molecular weight excluding hydrogens is 446 g/mol. The third-order valence-electron chi connectivity index (χ3n) is 7.97. The molecule has 0 N–H and O–H groups in total.